The number of hydrogen-bond donors (Lipinski definition) is 0. The minimum Gasteiger partial charge on any atom is -0.179 e. The molecule has 0 amide bonds. The van der Waals surface area contributed by atoms with Gasteiger partial charge in [0.25, 0.3) is 0 Å². The first-order chi connectivity index (χ1) is 12.7. The Balaban J connectivity index is 0.000000443. The smallest absolute Gasteiger partial charge is 0.0253 e. The van der Waals surface area contributed by atoms with Gasteiger partial charge in [-0.05, 0) is 11.8 Å². The number of allylic oxidation sites excluding steroid dienone is 4. The van der Waals surface area contributed by atoms with E-state index in [0.29, 0.717) is 5.41 Å². The fourth-order valence-corrected chi connectivity index (χ4v) is 3.08. The summed E-state index contributed by atoms with van der Waals surface area (Å²) in [7, 11) is 0. The molecule has 2 aromatic carbocycles. The number of benzene rings is 2. The monoisotopic (exact) mass is 504 g/mol. The number of halogens is 2. The maximum Gasteiger partial charge on any atom is -0.0253 e. The number of hydrogen-bond acceptors (Lipinski definition) is 0. The van der Waals surface area contributed by atoms with Gasteiger partial charge in [0.15, 0.2) is 0 Å². The third kappa shape index (κ3) is 8.87. The van der Waals surface area contributed by atoms with E-state index in [9.17, 15) is 0 Å². The van der Waals surface area contributed by atoms with Gasteiger partial charge in [-0.2, -0.15) is 35.4 Å². The third-order valence-corrected chi connectivity index (χ3v) is 4.53. The van der Waals surface area contributed by atoms with Crippen molar-refractivity contribution in [3.05, 3.63) is 83.0 Å². The second kappa shape index (κ2) is 12.8. The molecule has 2 aliphatic rings. The molecule has 0 fully saturated rings. The molecule has 0 N–H and O–H groups in total. The second-order valence-electron chi connectivity index (χ2n) is 8.35. The zero-order chi connectivity index (χ0) is 20.0. The summed E-state index contributed by atoms with van der Waals surface area (Å²) in [6.45, 7) is 13.1. The normalized spacial score (nSPS) is 13.0. The van der Waals surface area contributed by atoms with E-state index in [2.05, 4.69) is 96.2 Å². The molecule has 0 aliphatic heterocycles. The van der Waals surface area contributed by atoms with Crippen LogP contribution in [-0.2, 0) is 30.7 Å². The van der Waals surface area contributed by atoms with Crippen molar-refractivity contribution in [2.45, 2.75) is 54.4 Å². The molecule has 29 heavy (non-hydrogen) atoms. The fraction of sp³-hybridized carbons (Fsp3) is 0.346. The Kier molecular flexibility index (Phi) is 12.5. The van der Waals surface area contributed by atoms with Gasteiger partial charge in [-0.3, -0.25) is 6.08 Å². The minimum atomic E-state index is 0. The molecule has 0 saturated carbocycles. The van der Waals surface area contributed by atoms with Crippen LogP contribution in [0.15, 0.2) is 59.7 Å². The first-order valence-corrected chi connectivity index (χ1v) is 10.8. The predicted octanol–water partition coefficient (Wildman–Crippen LogP) is 7.76. The average Bonchev–Trinajstić information content (AvgIpc) is 3.18. The van der Waals surface area contributed by atoms with Gasteiger partial charge >= 0.3 is 41.3 Å². The molecule has 0 spiro atoms. The topological polar surface area (TPSA) is 0 Å². The summed E-state index contributed by atoms with van der Waals surface area (Å²) in [6.07, 6.45) is 7.64. The Labute approximate surface area is 205 Å². The molecule has 2 aliphatic carbocycles. The van der Waals surface area contributed by atoms with Crippen LogP contribution in [0.3, 0.4) is 0 Å². The van der Waals surface area contributed by atoms with E-state index in [0.717, 1.165) is 12.8 Å². The Morgan fingerprint density at radius 3 is 2.07 bits per heavy atom. The molecule has 2 aromatic rings. The van der Waals surface area contributed by atoms with Crippen LogP contribution in [0.4, 0.5) is 0 Å². The Hall–Kier alpha value is -0.747. The summed E-state index contributed by atoms with van der Waals surface area (Å²) in [6, 6.07) is 18.1. The average molecular weight is 507 g/mol. The van der Waals surface area contributed by atoms with Gasteiger partial charge < -0.3 is 0 Å². The Morgan fingerprint density at radius 2 is 1.55 bits per heavy atom. The molecule has 0 aromatic heterocycles. The first kappa shape index (κ1) is 28.3. The summed E-state index contributed by atoms with van der Waals surface area (Å²) >= 11 is 1.55. The molecular weight excluding hydrogens is 474 g/mol. The van der Waals surface area contributed by atoms with Crippen LogP contribution in [0.5, 0.6) is 0 Å². The van der Waals surface area contributed by atoms with E-state index in [1.807, 2.05) is 6.07 Å². The molecule has 154 valence electrons. The molecular formula is C26H32Cl2Zr. The van der Waals surface area contributed by atoms with E-state index >= 15 is 0 Å². The maximum absolute atomic E-state index is 3.30. The summed E-state index contributed by atoms with van der Waals surface area (Å²) in [5.41, 5.74) is 8.65. The van der Waals surface area contributed by atoms with Crippen LogP contribution in [0.2, 0.25) is 0 Å². The van der Waals surface area contributed by atoms with Crippen molar-refractivity contribution < 1.29 is 24.2 Å². The largest absolute Gasteiger partial charge is 0.179 e. The zero-order valence-electron chi connectivity index (χ0n) is 18.3. The molecule has 0 nitrogen and oxygen atoms in total. The molecule has 3 heteroatoms. The second-order valence-corrected chi connectivity index (χ2v) is 10.8. The molecule has 0 bridgehead atoms. The molecule has 0 radical (unpaired) electrons. The van der Waals surface area contributed by atoms with Gasteiger partial charge in [-0.25, -0.2) is 11.6 Å². The van der Waals surface area contributed by atoms with Crippen LogP contribution in [0.25, 0.3) is 11.1 Å². The van der Waals surface area contributed by atoms with Gasteiger partial charge in [-0.1, -0.05) is 63.1 Å². The van der Waals surface area contributed by atoms with Crippen molar-refractivity contribution in [3.63, 3.8) is 0 Å². The van der Waals surface area contributed by atoms with Crippen LogP contribution < -0.4 is 0 Å². The SMILES string of the molecule is CC1=[C-]CC(C(C)(C)C)=C1.C[C](C)=[Zr+2].Cl.Cl.[c-]1cccc2c1Cc1ccccc1-2. The van der Waals surface area contributed by atoms with Crippen molar-refractivity contribution in [2.24, 2.45) is 5.41 Å². The van der Waals surface area contributed by atoms with Crippen LogP contribution in [-0.4, -0.2) is 3.21 Å². The number of rotatable bonds is 0. The summed E-state index contributed by atoms with van der Waals surface area (Å²) in [5.74, 6) is 0. The standard InChI is InChI=1S/C13H9.C10H15.C3H6.2ClH.Zr/c1-3-7-12-10(5-1)9-11-6-2-4-8-13(11)12;1-8-5-6-9(7-8)10(2,3)4;1-3-2;;;/h1-5,7-8H,9H2;7H,6H2,1-4H3;1-2H3;2*1H;/q2*-1;;;;+2. The Bertz CT molecular complexity index is 823. The van der Waals surface area contributed by atoms with Gasteiger partial charge in [0, 0.05) is 0 Å². The van der Waals surface area contributed by atoms with Crippen molar-refractivity contribution >= 4 is 28.0 Å². The van der Waals surface area contributed by atoms with Crippen LogP contribution in [0, 0.1) is 17.6 Å². The van der Waals surface area contributed by atoms with Crippen molar-refractivity contribution in [2.75, 3.05) is 0 Å². The fourth-order valence-electron chi connectivity index (χ4n) is 3.08. The third-order valence-electron chi connectivity index (χ3n) is 4.53. The molecule has 0 atom stereocenters. The maximum atomic E-state index is 3.30. The summed E-state index contributed by atoms with van der Waals surface area (Å²) < 4.78 is 1.51. The van der Waals surface area contributed by atoms with E-state index < -0.39 is 0 Å². The minimum absolute atomic E-state index is 0. The van der Waals surface area contributed by atoms with Crippen molar-refractivity contribution in [1.29, 1.82) is 0 Å². The van der Waals surface area contributed by atoms with E-state index in [1.54, 1.807) is 24.2 Å². The quantitative estimate of drug-likeness (QED) is 0.273. The van der Waals surface area contributed by atoms with Crippen LogP contribution in [0.1, 0.15) is 59.1 Å². The van der Waals surface area contributed by atoms with Crippen molar-refractivity contribution in [1.82, 2.24) is 0 Å². The van der Waals surface area contributed by atoms with Gasteiger partial charge in [0.1, 0.15) is 0 Å². The number of fused-ring (bicyclic) bond motifs is 3. The summed E-state index contributed by atoms with van der Waals surface area (Å²) in [5, 5.41) is 0. The van der Waals surface area contributed by atoms with E-state index in [4.69, 9.17) is 0 Å². The Morgan fingerprint density at radius 1 is 0.966 bits per heavy atom. The zero-order valence-corrected chi connectivity index (χ0v) is 22.4. The molecule has 0 heterocycles. The van der Waals surface area contributed by atoms with Crippen molar-refractivity contribution in [3.8, 4) is 11.1 Å². The van der Waals surface area contributed by atoms with E-state index in [1.165, 1.54) is 36.6 Å². The van der Waals surface area contributed by atoms with Crippen LogP contribution >= 0.6 is 24.8 Å². The van der Waals surface area contributed by atoms with E-state index in [-0.39, 0.29) is 24.8 Å². The molecule has 0 saturated heterocycles. The van der Waals surface area contributed by atoms with Gasteiger partial charge in [-0.15, -0.1) is 36.8 Å². The predicted molar refractivity (Wildman–Crippen MR) is 129 cm³/mol. The van der Waals surface area contributed by atoms with Gasteiger partial charge in [0.2, 0.25) is 0 Å². The summed E-state index contributed by atoms with van der Waals surface area (Å²) in [4.78, 5) is 0. The molecule has 0 unspecified atom stereocenters. The first-order valence-electron chi connectivity index (χ1n) is 9.56. The van der Waals surface area contributed by atoms with Gasteiger partial charge in [0.05, 0.1) is 0 Å². The molecule has 4 rings (SSSR count).